The van der Waals surface area contributed by atoms with Crippen LogP contribution in [0.15, 0.2) is 54.7 Å². The van der Waals surface area contributed by atoms with E-state index in [0.717, 1.165) is 50.0 Å². The second-order valence-corrected chi connectivity index (χ2v) is 9.41. The normalized spacial score (nSPS) is 16.2. The summed E-state index contributed by atoms with van der Waals surface area (Å²) < 4.78 is 22.0. The van der Waals surface area contributed by atoms with E-state index in [2.05, 4.69) is 19.8 Å². The van der Waals surface area contributed by atoms with Crippen molar-refractivity contribution in [2.24, 2.45) is 0 Å². The monoisotopic (exact) mass is 533 g/mol. The second kappa shape index (κ2) is 12.8. The summed E-state index contributed by atoms with van der Waals surface area (Å²) in [6.07, 6.45) is 1.77. The number of benzene rings is 1. The smallest absolute Gasteiger partial charge is 0.272 e. The van der Waals surface area contributed by atoms with E-state index in [1.165, 1.54) is 0 Å². The first-order chi connectivity index (χ1) is 19.1. The number of ether oxygens (including phenoxy) is 4. The van der Waals surface area contributed by atoms with Gasteiger partial charge in [-0.25, -0.2) is 9.97 Å². The Morgan fingerprint density at radius 2 is 1.72 bits per heavy atom. The van der Waals surface area contributed by atoms with Gasteiger partial charge in [0.25, 0.3) is 5.91 Å². The number of methoxy groups -OCH3 is 2. The number of anilines is 1. The summed E-state index contributed by atoms with van der Waals surface area (Å²) >= 11 is 0. The third-order valence-electron chi connectivity index (χ3n) is 7.04. The Bertz CT molecular complexity index is 1240. The highest BCUT2D eigenvalue weighted by Crippen LogP contribution is 2.31. The van der Waals surface area contributed by atoms with E-state index < -0.39 is 0 Å². The second-order valence-electron chi connectivity index (χ2n) is 9.41. The molecule has 0 unspecified atom stereocenters. The Morgan fingerprint density at radius 3 is 2.44 bits per heavy atom. The maximum Gasteiger partial charge on any atom is 0.272 e. The summed E-state index contributed by atoms with van der Waals surface area (Å²) in [6, 6.07) is 15.1. The van der Waals surface area contributed by atoms with E-state index in [4.69, 9.17) is 18.9 Å². The summed E-state index contributed by atoms with van der Waals surface area (Å²) in [4.78, 5) is 28.9. The molecule has 3 aromatic rings. The molecule has 4 heterocycles. The Balaban J connectivity index is 1.14. The van der Waals surface area contributed by atoms with Crippen molar-refractivity contribution in [1.29, 1.82) is 0 Å². The SMILES string of the molecule is COc1ccc(-c2cccc(C(=O)N3CCN(c4ccc(OCCN5CCOCC5)cn4)CC3)n2)cc1OC. The number of carbonyl (C=O) groups is 1. The minimum atomic E-state index is -0.0750. The molecule has 10 nitrogen and oxygen atoms in total. The van der Waals surface area contributed by atoms with Gasteiger partial charge in [-0.05, 0) is 42.5 Å². The highest BCUT2D eigenvalue weighted by molar-refractivity contribution is 5.93. The standard InChI is InChI=1S/C29H35N5O5/c1-36-26-8-6-22(20-27(26)37-2)24-4-3-5-25(31-24)29(35)34-12-10-33(11-13-34)28-9-7-23(21-30-28)39-19-16-32-14-17-38-18-15-32/h3-9,20-21H,10-19H2,1-2H3. The molecule has 2 aliphatic heterocycles. The number of aromatic nitrogens is 2. The van der Waals surface area contributed by atoms with Crippen molar-refractivity contribution in [2.75, 3.05) is 84.8 Å². The van der Waals surface area contributed by atoms with Crippen LogP contribution in [-0.2, 0) is 4.74 Å². The molecule has 0 saturated carbocycles. The molecule has 0 bridgehead atoms. The number of hydrogen-bond acceptors (Lipinski definition) is 9. The molecule has 0 N–H and O–H groups in total. The van der Waals surface area contributed by atoms with Gasteiger partial charge in [-0.3, -0.25) is 9.69 Å². The minimum Gasteiger partial charge on any atom is -0.493 e. The third kappa shape index (κ3) is 6.58. The van der Waals surface area contributed by atoms with Crippen molar-refractivity contribution in [3.05, 3.63) is 60.4 Å². The van der Waals surface area contributed by atoms with Gasteiger partial charge in [-0.1, -0.05) is 6.07 Å². The molecule has 206 valence electrons. The van der Waals surface area contributed by atoms with Crippen LogP contribution in [0.5, 0.6) is 17.2 Å². The summed E-state index contributed by atoms with van der Waals surface area (Å²) in [7, 11) is 3.20. The zero-order chi connectivity index (χ0) is 27.0. The summed E-state index contributed by atoms with van der Waals surface area (Å²) in [5, 5.41) is 0. The van der Waals surface area contributed by atoms with E-state index in [0.29, 0.717) is 55.7 Å². The van der Waals surface area contributed by atoms with Gasteiger partial charge in [0, 0.05) is 51.4 Å². The van der Waals surface area contributed by atoms with Gasteiger partial charge in [0.2, 0.25) is 0 Å². The van der Waals surface area contributed by atoms with Crippen LogP contribution in [0.3, 0.4) is 0 Å². The van der Waals surface area contributed by atoms with Crippen LogP contribution in [0.1, 0.15) is 10.5 Å². The number of pyridine rings is 2. The zero-order valence-electron chi connectivity index (χ0n) is 22.5. The highest BCUT2D eigenvalue weighted by atomic mass is 16.5. The third-order valence-corrected chi connectivity index (χ3v) is 7.04. The molecule has 10 heteroatoms. The minimum absolute atomic E-state index is 0.0750. The number of morpholine rings is 1. The van der Waals surface area contributed by atoms with Crippen molar-refractivity contribution >= 4 is 11.7 Å². The number of nitrogens with zero attached hydrogens (tertiary/aromatic N) is 5. The molecule has 1 amide bonds. The first-order valence-corrected chi connectivity index (χ1v) is 13.3. The van der Waals surface area contributed by atoms with Crippen LogP contribution < -0.4 is 19.1 Å². The topological polar surface area (TPSA) is 89.5 Å². The summed E-state index contributed by atoms with van der Waals surface area (Å²) in [5.74, 6) is 2.84. The highest BCUT2D eigenvalue weighted by Gasteiger charge is 2.24. The first-order valence-electron chi connectivity index (χ1n) is 13.3. The summed E-state index contributed by atoms with van der Waals surface area (Å²) in [6.45, 7) is 7.59. The van der Waals surface area contributed by atoms with Gasteiger partial charge in [-0.2, -0.15) is 0 Å². The van der Waals surface area contributed by atoms with Gasteiger partial charge in [0.05, 0.1) is 39.3 Å². The Kier molecular flexibility index (Phi) is 8.75. The van der Waals surface area contributed by atoms with Crippen LogP contribution in [0, 0.1) is 0 Å². The Morgan fingerprint density at radius 1 is 0.923 bits per heavy atom. The van der Waals surface area contributed by atoms with Crippen LogP contribution in [0.2, 0.25) is 0 Å². The molecular weight excluding hydrogens is 498 g/mol. The molecule has 2 aromatic heterocycles. The van der Waals surface area contributed by atoms with Crippen molar-refractivity contribution in [2.45, 2.75) is 0 Å². The summed E-state index contributed by atoms with van der Waals surface area (Å²) in [5.41, 5.74) is 1.98. The van der Waals surface area contributed by atoms with Gasteiger partial charge < -0.3 is 28.7 Å². The molecule has 0 aliphatic carbocycles. The fourth-order valence-electron chi connectivity index (χ4n) is 4.77. The predicted molar refractivity (Wildman–Crippen MR) is 148 cm³/mol. The van der Waals surface area contributed by atoms with E-state index in [-0.39, 0.29) is 5.91 Å². The number of amides is 1. The number of carbonyl (C=O) groups excluding carboxylic acids is 1. The largest absolute Gasteiger partial charge is 0.493 e. The quantitative estimate of drug-likeness (QED) is 0.412. The lowest BCUT2D eigenvalue weighted by molar-refractivity contribution is 0.0322. The fraction of sp³-hybridized carbons (Fsp3) is 0.414. The first kappa shape index (κ1) is 26.7. The van der Waals surface area contributed by atoms with E-state index >= 15 is 0 Å². The van der Waals surface area contributed by atoms with E-state index in [1.54, 1.807) is 26.5 Å². The number of hydrogen-bond donors (Lipinski definition) is 0. The molecule has 1 aromatic carbocycles. The van der Waals surface area contributed by atoms with Gasteiger partial charge in [-0.15, -0.1) is 0 Å². The van der Waals surface area contributed by atoms with E-state index in [1.807, 2.05) is 47.4 Å². The lowest BCUT2D eigenvalue weighted by atomic mass is 10.1. The molecule has 39 heavy (non-hydrogen) atoms. The van der Waals surface area contributed by atoms with E-state index in [9.17, 15) is 4.79 Å². The van der Waals surface area contributed by atoms with Gasteiger partial charge in [0.15, 0.2) is 11.5 Å². The molecule has 0 atom stereocenters. The molecule has 0 radical (unpaired) electrons. The molecule has 2 saturated heterocycles. The zero-order valence-corrected chi connectivity index (χ0v) is 22.5. The number of piperazine rings is 1. The average molecular weight is 534 g/mol. The maximum absolute atomic E-state index is 13.3. The van der Waals surface area contributed by atoms with Crippen LogP contribution in [0.4, 0.5) is 5.82 Å². The lowest BCUT2D eigenvalue weighted by Gasteiger charge is -2.35. The fourth-order valence-corrected chi connectivity index (χ4v) is 4.77. The van der Waals surface area contributed by atoms with Crippen LogP contribution in [0.25, 0.3) is 11.3 Å². The van der Waals surface area contributed by atoms with Crippen molar-refractivity contribution < 1.29 is 23.7 Å². The Labute approximate surface area is 229 Å². The average Bonchev–Trinajstić information content (AvgIpc) is 3.01. The van der Waals surface area contributed by atoms with Gasteiger partial charge in [0.1, 0.15) is 23.9 Å². The predicted octanol–water partition coefficient (Wildman–Crippen LogP) is 2.83. The lowest BCUT2D eigenvalue weighted by Crippen LogP contribution is -2.49. The molecule has 2 aliphatic rings. The molecule has 0 spiro atoms. The van der Waals surface area contributed by atoms with Crippen molar-refractivity contribution in [1.82, 2.24) is 19.8 Å². The molecule has 2 fully saturated rings. The van der Waals surface area contributed by atoms with Crippen molar-refractivity contribution in [3.8, 4) is 28.5 Å². The Hall–Kier alpha value is -3.89. The van der Waals surface area contributed by atoms with Crippen LogP contribution >= 0.6 is 0 Å². The molecule has 5 rings (SSSR count). The number of rotatable bonds is 9. The molecular formula is C29H35N5O5. The maximum atomic E-state index is 13.3. The van der Waals surface area contributed by atoms with Gasteiger partial charge >= 0.3 is 0 Å². The van der Waals surface area contributed by atoms with Crippen LogP contribution in [-0.4, -0.2) is 106 Å². The van der Waals surface area contributed by atoms with Crippen molar-refractivity contribution in [3.63, 3.8) is 0 Å².